The monoisotopic (exact) mass is 413 g/mol. The number of benzene rings is 2. The average Bonchev–Trinajstić information content (AvgIpc) is 2.98. The van der Waals surface area contributed by atoms with Crippen LogP contribution in [0, 0.1) is 17.7 Å². The first-order valence-corrected chi connectivity index (χ1v) is 10.6. The van der Waals surface area contributed by atoms with Crippen molar-refractivity contribution < 1.29 is 9.50 Å². The van der Waals surface area contributed by atoms with Crippen molar-refractivity contribution in [3.63, 3.8) is 0 Å². The number of likely N-dealkylation sites (tertiary alicyclic amines) is 1. The molecule has 5 rings (SSSR count). The third-order valence-corrected chi connectivity index (χ3v) is 7.08. The van der Waals surface area contributed by atoms with E-state index in [9.17, 15) is 9.50 Å². The summed E-state index contributed by atoms with van der Waals surface area (Å²) in [5.74, 6) is 1.35. The number of hydrogen-bond donors (Lipinski definition) is 1. The smallest absolute Gasteiger partial charge is 0.123 e. The Morgan fingerprint density at radius 2 is 1.86 bits per heavy atom. The maximum Gasteiger partial charge on any atom is 0.123 e. The maximum atomic E-state index is 13.4. The van der Waals surface area contributed by atoms with Crippen LogP contribution in [0.2, 0.25) is 0 Å². The van der Waals surface area contributed by atoms with E-state index < -0.39 is 0 Å². The van der Waals surface area contributed by atoms with Gasteiger partial charge in [0.1, 0.15) is 5.82 Å². The predicted molar refractivity (Wildman–Crippen MR) is 118 cm³/mol. The molecule has 3 unspecified atom stereocenters. The summed E-state index contributed by atoms with van der Waals surface area (Å²) in [5, 5.41) is 11.0. The molecule has 2 aliphatic carbocycles. The minimum atomic E-state index is -0.315. The zero-order valence-electron chi connectivity index (χ0n) is 16.6. The summed E-state index contributed by atoms with van der Waals surface area (Å²) in [6, 6.07) is 13.3. The minimum absolute atomic E-state index is 0. The van der Waals surface area contributed by atoms with E-state index in [2.05, 4.69) is 35.3 Å². The molecule has 0 saturated carbocycles. The van der Waals surface area contributed by atoms with E-state index >= 15 is 0 Å². The molecule has 0 radical (unpaired) electrons. The topological polar surface area (TPSA) is 23.5 Å². The Labute approximate surface area is 178 Å². The van der Waals surface area contributed by atoms with Gasteiger partial charge < -0.3 is 5.11 Å². The molecule has 2 aromatic carbocycles. The minimum Gasteiger partial charge on any atom is -0.388 e. The van der Waals surface area contributed by atoms with Crippen molar-refractivity contribution in [2.45, 2.75) is 44.2 Å². The first-order chi connectivity index (χ1) is 13.7. The van der Waals surface area contributed by atoms with Gasteiger partial charge in [-0.3, -0.25) is 4.90 Å². The second-order valence-corrected chi connectivity index (χ2v) is 8.79. The molecule has 29 heavy (non-hydrogen) atoms. The van der Waals surface area contributed by atoms with Crippen molar-refractivity contribution in [3.05, 3.63) is 76.6 Å². The van der Waals surface area contributed by atoms with Crippen LogP contribution < -0.4 is 0 Å². The maximum absolute atomic E-state index is 13.4. The summed E-state index contributed by atoms with van der Waals surface area (Å²) in [4.78, 5) is 2.44. The number of allylic oxidation sites excluding steroid dienone is 1. The lowest BCUT2D eigenvalue weighted by Crippen LogP contribution is -2.34. The highest BCUT2D eigenvalue weighted by atomic mass is 35.5. The highest BCUT2D eigenvalue weighted by Gasteiger charge is 2.42. The van der Waals surface area contributed by atoms with Crippen LogP contribution in [0.3, 0.4) is 0 Å². The Bertz CT molecular complexity index is 890. The van der Waals surface area contributed by atoms with Crippen LogP contribution >= 0.6 is 12.4 Å². The van der Waals surface area contributed by atoms with E-state index in [1.54, 1.807) is 12.1 Å². The van der Waals surface area contributed by atoms with E-state index in [0.29, 0.717) is 17.8 Å². The van der Waals surface area contributed by atoms with Gasteiger partial charge in [0.15, 0.2) is 0 Å². The van der Waals surface area contributed by atoms with E-state index in [1.165, 1.54) is 35.6 Å². The fraction of sp³-hybridized carbons (Fsp3) is 0.440. The molecule has 3 atom stereocenters. The number of aliphatic hydroxyl groups excluding tert-OH is 1. The van der Waals surface area contributed by atoms with Crippen molar-refractivity contribution in [2.24, 2.45) is 11.8 Å². The second-order valence-electron chi connectivity index (χ2n) is 8.79. The van der Waals surface area contributed by atoms with Gasteiger partial charge in [-0.15, -0.1) is 12.4 Å². The Balaban J connectivity index is 0.00000205. The van der Waals surface area contributed by atoms with Gasteiger partial charge in [-0.1, -0.05) is 42.5 Å². The van der Waals surface area contributed by atoms with E-state index in [-0.39, 0.29) is 24.3 Å². The molecular weight excluding hydrogens is 385 g/mol. The summed E-state index contributed by atoms with van der Waals surface area (Å²) in [6.45, 7) is 2.96. The SMILES string of the molecule is Cl.OC1c2cccc3c2C(CC=C3)C1CC1CCN(Cc2cccc(F)c2)CC1. The normalized spacial score (nSPS) is 26.2. The van der Waals surface area contributed by atoms with Crippen LogP contribution in [-0.4, -0.2) is 23.1 Å². The molecule has 1 saturated heterocycles. The molecule has 0 aromatic heterocycles. The molecule has 1 fully saturated rings. The molecule has 3 aliphatic rings. The molecule has 0 spiro atoms. The zero-order valence-corrected chi connectivity index (χ0v) is 17.5. The van der Waals surface area contributed by atoms with Gasteiger partial charge in [0.05, 0.1) is 6.10 Å². The van der Waals surface area contributed by atoms with Crippen molar-refractivity contribution in [3.8, 4) is 0 Å². The van der Waals surface area contributed by atoms with Crippen LogP contribution in [0.5, 0.6) is 0 Å². The average molecular weight is 414 g/mol. The molecule has 2 aromatic rings. The van der Waals surface area contributed by atoms with E-state index in [0.717, 1.165) is 38.0 Å². The Hall–Kier alpha value is -1.68. The number of hydrogen-bond acceptors (Lipinski definition) is 2. The van der Waals surface area contributed by atoms with Crippen LogP contribution in [0.25, 0.3) is 6.08 Å². The van der Waals surface area contributed by atoms with Crippen LogP contribution in [-0.2, 0) is 6.54 Å². The first kappa shape index (κ1) is 20.6. The number of nitrogens with zero attached hydrogens (tertiary/aromatic N) is 1. The second kappa shape index (κ2) is 8.59. The number of aliphatic hydroxyl groups is 1. The largest absolute Gasteiger partial charge is 0.388 e. The molecule has 1 heterocycles. The number of piperidine rings is 1. The van der Waals surface area contributed by atoms with E-state index in [1.807, 2.05) is 6.07 Å². The van der Waals surface area contributed by atoms with Crippen molar-refractivity contribution in [1.82, 2.24) is 4.90 Å². The number of halogens is 2. The summed E-state index contributed by atoms with van der Waals surface area (Å²) < 4.78 is 13.4. The predicted octanol–water partition coefficient (Wildman–Crippen LogP) is 5.71. The lowest BCUT2D eigenvalue weighted by molar-refractivity contribution is 0.0778. The fourth-order valence-corrected chi connectivity index (χ4v) is 5.68. The fourth-order valence-electron chi connectivity index (χ4n) is 5.68. The molecule has 1 aliphatic heterocycles. The third kappa shape index (κ3) is 4.01. The Morgan fingerprint density at radius 3 is 2.66 bits per heavy atom. The molecule has 154 valence electrons. The lowest BCUT2D eigenvalue weighted by Gasteiger charge is -2.35. The van der Waals surface area contributed by atoms with Gasteiger partial charge in [-0.05, 0) is 90.9 Å². The summed E-state index contributed by atoms with van der Waals surface area (Å²) >= 11 is 0. The van der Waals surface area contributed by atoms with Crippen molar-refractivity contribution in [2.75, 3.05) is 13.1 Å². The third-order valence-electron chi connectivity index (χ3n) is 7.08. The van der Waals surface area contributed by atoms with Crippen molar-refractivity contribution in [1.29, 1.82) is 0 Å². The van der Waals surface area contributed by atoms with Crippen molar-refractivity contribution >= 4 is 18.5 Å². The highest BCUT2D eigenvalue weighted by Crippen LogP contribution is 2.53. The Morgan fingerprint density at radius 1 is 1.07 bits per heavy atom. The number of rotatable bonds is 4. The molecule has 2 nitrogen and oxygen atoms in total. The Kier molecular flexibility index (Phi) is 6.10. The summed E-state index contributed by atoms with van der Waals surface area (Å²) in [5.41, 5.74) is 4.94. The van der Waals surface area contributed by atoms with Gasteiger partial charge in [-0.25, -0.2) is 4.39 Å². The summed E-state index contributed by atoms with van der Waals surface area (Å²) in [7, 11) is 0. The van der Waals surface area contributed by atoms with Gasteiger partial charge >= 0.3 is 0 Å². The highest BCUT2D eigenvalue weighted by molar-refractivity contribution is 5.85. The first-order valence-electron chi connectivity index (χ1n) is 10.6. The molecule has 0 amide bonds. The summed E-state index contributed by atoms with van der Waals surface area (Å²) in [6.07, 6.45) is 8.70. The lowest BCUT2D eigenvalue weighted by atomic mass is 9.77. The molecule has 1 N–H and O–H groups in total. The van der Waals surface area contributed by atoms with Gasteiger partial charge in [0.25, 0.3) is 0 Å². The van der Waals surface area contributed by atoms with Gasteiger partial charge in [0, 0.05) is 6.54 Å². The molecule has 4 heteroatoms. The van der Waals surface area contributed by atoms with Crippen LogP contribution in [0.1, 0.15) is 60.0 Å². The zero-order chi connectivity index (χ0) is 19.1. The van der Waals surface area contributed by atoms with Gasteiger partial charge in [0.2, 0.25) is 0 Å². The standard InChI is InChI=1S/C25H28FNO.ClH/c26-20-7-1-4-18(14-20)16-27-12-10-17(11-13-27)15-23-21-8-2-5-19-6-3-9-22(24(19)21)25(23)28;/h1-7,9,14,17,21,23,25,28H,8,10-13,15-16H2;1H. The van der Waals surface area contributed by atoms with Crippen LogP contribution in [0.4, 0.5) is 4.39 Å². The van der Waals surface area contributed by atoms with Gasteiger partial charge in [-0.2, -0.15) is 0 Å². The molecule has 0 bridgehead atoms. The quantitative estimate of drug-likeness (QED) is 0.693. The van der Waals surface area contributed by atoms with Crippen LogP contribution in [0.15, 0.2) is 48.5 Å². The molecular formula is C25H29ClFNO. The van der Waals surface area contributed by atoms with E-state index in [4.69, 9.17) is 0 Å².